The molecule has 0 aliphatic carbocycles. The van der Waals surface area contributed by atoms with Crippen molar-refractivity contribution in [3.8, 4) is 5.75 Å². The summed E-state index contributed by atoms with van der Waals surface area (Å²) in [5.74, 6) is -0.327. The van der Waals surface area contributed by atoms with E-state index in [1.165, 1.54) is 17.4 Å². The highest BCUT2D eigenvalue weighted by Gasteiger charge is 2.14. The molecule has 1 aliphatic rings. The average Bonchev–Trinajstić information content (AvgIpc) is 3.09. The van der Waals surface area contributed by atoms with Crippen LogP contribution in [0.1, 0.15) is 12.6 Å². The van der Waals surface area contributed by atoms with Crippen molar-refractivity contribution in [1.82, 2.24) is 10.3 Å². The maximum absolute atomic E-state index is 12.1. The summed E-state index contributed by atoms with van der Waals surface area (Å²) >= 11 is 1.20. The molecule has 0 saturated carbocycles. The molecule has 8 nitrogen and oxygen atoms in total. The van der Waals surface area contributed by atoms with Crippen LogP contribution in [-0.2, 0) is 16.0 Å². The number of rotatable bonds is 6. The number of allylic oxidation sites excluding steroid dienone is 2. The van der Waals surface area contributed by atoms with Crippen LogP contribution in [0.5, 0.6) is 5.75 Å². The zero-order valence-electron chi connectivity index (χ0n) is 15.1. The maximum Gasteiger partial charge on any atom is 0.413 e. The van der Waals surface area contributed by atoms with Gasteiger partial charge in [-0.25, -0.2) is 9.78 Å². The van der Waals surface area contributed by atoms with Gasteiger partial charge < -0.3 is 20.5 Å². The lowest BCUT2D eigenvalue weighted by Crippen LogP contribution is -2.28. The van der Waals surface area contributed by atoms with Crippen LogP contribution < -0.4 is 16.0 Å². The second-order valence-electron chi connectivity index (χ2n) is 6.08. The number of phenols is 1. The predicted molar refractivity (Wildman–Crippen MR) is 107 cm³/mol. The number of carbonyl (C=O) groups excluding carboxylic acids is 2. The molecule has 1 atom stereocenters. The SMILES string of the molecule is CC1NC=CC=C1COC(=O)Nc1nc(CC(=O)Nc2ccccc2O)cs1. The molecular weight excluding hydrogens is 380 g/mol. The quantitative estimate of drug-likeness (QED) is 0.555. The monoisotopic (exact) mass is 400 g/mol. The van der Waals surface area contributed by atoms with Crippen LogP contribution in [0.3, 0.4) is 0 Å². The number of carbonyl (C=O) groups is 2. The van der Waals surface area contributed by atoms with Crippen LogP contribution >= 0.6 is 11.3 Å². The van der Waals surface area contributed by atoms with Crippen LogP contribution in [0, 0.1) is 0 Å². The first-order valence-electron chi connectivity index (χ1n) is 8.59. The van der Waals surface area contributed by atoms with Crippen molar-refractivity contribution in [3.05, 3.63) is 59.3 Å². The fourth-order valence-corrected chi connectivity index (χ4v) is 3.15. The van der Waals surface area contributed by atoms with E-state index in [0.717, 1.165) is 5.57 Å². The molecule has 1 aliphatic heterocycles. The van der Waals surface area contributed by atoms with Gasteiger partial charge in [0.2, 0.25) is 5.91 Å². The number of dihydropyridines is 1. The zero-order valence-corrected chi connectivity index (χ0v) is 16.0. The van der Waals surface area contributed by atoms with Gasteiger partial charge in [0.05, 0.1) is 17.8 Å². The van der Waals surface area contributed by atoms with Crippen molar-refractivity contribution >= 4 is 34.2 Å². The minimum absolute atomic E-state index is 0.00711. The van der Waals surface area contributed by atoms with Crippen LogP contribution in [0.4, 0.5) is 15.6 Å². The Labute approximate surface area is 165 Å². The fraction of sp³-hybridized carbons (Fsp3) is 0.211. The number of anilines is 2. The molecule has 0 fully saturated rings. The summed E-state index contributed by atoms with van der Waals surface area (Å²) in [6.07, 6.45) is 5.00. The molecule has 28 heavy (non-hydrogen) atoms. The number of benzene rings is 1. The molecule has 1 unspecified atom stereocenters. The lowest BCUT2D eigenvalue weighted by molar-refractivity contribution is -0.115. The summed E-state index contributed by atoms with van der Waals surface area (Å²) in [6, 6.07) is 6.57. The summed E-state index contributed by atoms with van der Waals surface area (Å²) < 4.78 is 5.21. The van der Waals surface area contributed by atoms with Gasteiger partial charge in [0.1, 0.15) is 12.4 Å². The minimum atomic E-state index is -0.609. The summed E-state index contributed by atoms with van der Waals surface area (Å²) in [4.78, 5) is 28.2. The third-order valence-corrected chi connectivity index (χ3v) is 4.77. The first-order chi connectivity index (χ1) is 13.5. The molecule has 2 amide bonds. The van der Waals surface area contributed by atoms with Gasteiger partial charge >= 0.3 is 6.09 Å². The summed E-state index contributed by atoms with van der Waals surface area (Å²) in [5.41, 5.74) is 1.80. The van der Waals surface area contributed by atoms with Gasteiger partial charge in [-0.3, -0.25) is 10.1 Å². The van der Waals surface area contributed by atoms with Gasteiger partial charge in [-0.15, -0.1) is 11.3 Å². The minimum Gasteiger partial charge on any atom is -0.506 e. The molecule has 3 rings (SSSR count). The molecule has 0 spiro atoms. The normalized spacial score (nSPS) is 15.3. The third-order valence-electron chi connectivity index (χ3n) is 3.96. The van der Waals surface area contributed by atoms with Gasteiger partial charge in [0.15, 0.2) is 5.13 Å². The summed E-state index contributed by atoms with van der Waals surface area (Å²) in [5, 5.41) is 20.0. The maximum atomic E-state index is 12.1. The van der Waals surface area contributed by atoms with Crippen molar-refractivity contribution in [2.45, 2.75) is 19.4 Å². The number of aromatic nitrogens is 1. The third kappa shape index (κ3) is 5.34. The lowest BCUT2D eigenvalue weighted by Gasteiger charge is -2.18. The highest BCUT2D eigenvalue weighted by atomic mass is 32.1. The van der Waals surface area contributed by atoms with Crippen molar-refractivity contribution in [1.29, 1.82) is 0 Å². The number of hydrogen-bond donors (Lipinski definition) is 4. The lowest BCUT2D eigenvalue weighted by atomic mass is 10.1. The second-order valence-corrected chi connectivity index (χ2v) is 6.93. The largest absolute Gasteiger partial charge is 0.506 e. The molecule has 9 heteroatoms. The molecule has 0 radical (unpaired) electrons. The standard InChI is InChI=1S/C19H20N4O4S/c1-12-13(5-4-8-20-12)10-27-19(26)23-18-21-14(11-28-18)9-17(25)22-15-6-2-3-7-16(15)24/h2-8,11-12,20,24H,9-10H2,1H3,(H,22,25)(H,21,23,26). The van der Waals surface area contributed by atoms with Crippen molar-refractivity contribution in [2.75, 3.05) is 17.2 Å². The number of amides is 2. The molecular formula is C19H20N4O4S. The van der Waals surface area contributed by atoms with Gasteiger partial charge in [0, 0.05) is 11.4 Å². The van der Waals surface area contributed by atoms with Gasteiger partial charge in [-0.1, -0.05) is 18.2 Å². The van der Waals surface area contributed by atoms with Crippen LogP contribution in [0.2, 0.25) is 0 Å². The molecule has 0 saturated heterocycles. The Morgan fingerprint density at radius 3 is 2.93 bits per heavy atom. The van der Waals surface area contributed by atoms with Gasteiger partial charge in [0.25, 0.3) is 0 Å². The number of nitrogens with one attached hydrogen (secondary N) is 3. The molecule has 0 bridgehead atoms. The van der Waals surface area contributed by atoms with E-state index in [0.29, 0.717) is 16.5 Å². The highest BCUT2D eigenvalue weighted by molar-refractivity contribution is 7.13. The second kappa shape index (κ2) is 9.05. The van der Waals surface area contributed by atoms with Crippen LogP contribution in [0.15, 0.2) is 53.6 Å². The smallest absolute Gasteiger partial charge is 0.413 e. The molecule has 1 aromatic carbocycles. The molecule has 2 aromatic rings. The highest BCUT2D eigenvalue weighted by Crippen LogP contribution is 2.22. The van der Waals surface area contributed by atoms with E-state index in [2.05, 4.69) is 20.9 Å². The number of aromatic hydroxyl groups is 1. The number of nitrogens with zero attached hydrogens (tertiary/aromatic N) is 1. The number of thiazole rings is 1. The van der Waals surface area contributed by atoms with E-state index in [1.807, 2.05) is 25.3 Å². The Balaban J connectivity index is 1.47. The zero-order chi connectivity index (χ0) is 19.9. The molecule has 2 heterocycles. The first-order valence-corrected chi connectivity index (χ1v) is 9.47. The Bertz CT molecular complexity index is 922. The Hall–Kier alpha value is -3.33. The fourth-order valence-electron chi connectivity index (χ4n) is 2.45. The Morgan fingerprint density at radius 2 is 2.14 bits per heavy atom. The van der Waals surface area contributed by atoms with Gasteiger partial charge in [-0.2, -0.15) is 0 Å². The van der Waals surface area contributed by atoms with E-state index in [1.54, 1.807) is 23.6 Å². The average molecular weight is 400 g/mol. The Morgan fingerprint density at radius 1 is 1.32 bits per heavy atom. The van der Waals surface area contributed by atoms with E-state index >= 15 is 0 Å². The van der Waals surface area contributed by atoms with E-state index in [4.69, 9.17) is 4.74 Å². The molecule has 4 N–H and O–H groups in total. The Kier molecular flexibility index (Phi) is 6.28. The van der Waals surface area contributed by atoms with Crippen molar-refractivity contribution in [3.63, 3.8) is 0 Å². The first kappa shape index (κ1) is 19.4. The number of hydrogen-bond acceptors (Lipinski definition) is 7. The van der Waals surface area contributed by atoms with Crippen LogP contribution in [0.25, 0.3) is 0 Å². The van der Waals surface area contributed by atoms with E-state index in [-0.39, 0.29) is 30.7 Å². The van der Waals surface area contributed by atoms with Crippen LogP contribution in [-0.4, -0.2) is 34.7 Å². The summed E-state index contributed by atoms with van der Waals surface area (Å²) in [6.45, 7) is 2.15. The predicted octanol–water partition coefficient (Wildman–Crippen LogP) is 3.01. The molecule has 1 aromatic heterocycles. The van der Waals surface area contributed by atoms with Gasteiger partial charge in [-0.05, 0) is 36.9 Å². The van der Waals surface area contributed by atoms with E-state index < -0.39 is 6.09 Å². The number of phenolic OH excluding ortho intramolecular Hbond substituents is 1. The topological polar surface area (TPSA) is 113 Å². The number of para-hydroxylation sites is 2. The number of ether oxygens (including phenoxy) is 1. The summed E-state index contributed by atoms with van der Waals surface area (Å²) in [7, 11) is 0. The van der Waals surface area contributed by atoms with E-state index in [9.17, 15) is 14.7 Å². The van der Waals surface area contributed by atoms with Crippen molar-refractivity contribution in [2.24, 2.45) is 0 Å². The molecule has 146 valence electrons. The van der Waals surface area contributed by atoms with Crippen molar-refractivity contribution < 1.29 is 19.4 Å².